The maximum Gasteiger partial charge on any atom is 0.0598 e. The van der Waals surface area contributed by atoms with E-state index in [4.69, 9.17) is 4.74 Å². The van der Waals surface area contributed by atoms with Gasteiger partial charge in [-0.3, -0.25) is 0 Å². The van der Waals surface area contributed by atoms with E-state index < -0.39 is 0 Å². The maximum absolute atomic E-state index is 5.71. The van der Waals surface area contributed by atoms with Gasteiger partial charge >= 0.3 is 0 Å². The molecule has 0 aromatic heterocycles. The van der Waals surface area contributed by atoms with Crippen LogP contribution in [0.15, 0.2) is 0 Å². The molecule has 1 aliphatic heterocycles. The topological polar surface area (TPSA) is 12.5 Å². The molecule has 0 N–H and O–H groups in total. The lowest BCUT2D eigenvalue weighted by Crippen LogP contribution is -2.26. The molecule has 1 atom stereocenters. The Morgan fingerprint density at radius 2 is 2.07 bits per heavy atom. The summed E-state index contributed by atoms with van der Waals surface area (Å²) in [7, 11) is 2.24. The molecule has 14 heavy (non-hydrogen) atoms. The number of nitrogens with zero attached hydrogens (tertiary/aromatic N) is 1. The predicted molar refractivity (Wildman–Crippen MR) is 60.6 cm³/mol. The minimum atomic E-state index is 0.0293. The van der Waals surface area contributed by atoms with Gasteiger partial charge in [-0.1, -0.05) is 0 Å². The van der Waals surface area contributed by atoms with E-state index in [9.17, 15) is 0 Å². The fraction of sp³-hybridized carbons (Fsp3) is 1.00. The zero-order valence-corrected chi connectivity index (χ0v) is 10.2. The molecule has 0 aromatic carbocycles. The maximum atomic E-state index is 5.71. The SMILES string of the molecule is CN1CCC[C@@H]1CCCOC(C)(C)C. The van der Waals surface area contributed by atoms with Gasteiger partial charge in [-0.25, -0.2) is 0 Å². The van der Waals surface area contributed by atoms with Crippen molar-refractivity contribution in [3.8, 4) is 0 Å². The smallest absolute Gasteiger partial charge is 0.0598 e. The lowest BCUT2D eigenvalue weighted by Gasteiger charge is -2.22. The van der Waals surface area contributed by atoms with Gasteiger partial charge in [0.25, 0.3) is 0 Å². The molecule has 0 bridgehead atoms. The number of likely N-dealkylation sites (tertiary alicyclic amines) is 1. The van der Waals surface area contributed by atoms with Gasteiger partial charge < -0.3 is 9.64 Å². The summed E-state index contributed by atoms with van der Waals surface area (Å²) in [6.07, 6.45) is 5.26. The standard InChI is InChI=1S/C12H25NO/c1-12(2,3)14-10-6-8-11-7-5-9-13(11)4/h11H,5-10H2,1-4H3/t11-/m1/s1. The second kappa shape index (κ2) is 5.13. The molecule has 0 saturated carbocycles. The van der Waals surface area contributed by atoms with Crippen LogP contribution in [0.1, 0.15) is 46.5 Å². The lowest BCUT2D eigenvalue weighted by atomic mass is 10.1. The molecule has 0 aliphatic carbocycles. The first-order valence-corrected chi connectivity index (χ1v) is 5.83. The number of hydrogen-bond donors (Lipinski definition) is 0. The lowest BCUT2D eigenvalue weighted by molar-refractivity contribution is -0.00617. The molecular formula is C12H25NO. The van der Waals surface area contributed by atoms with Crippen LogP contribution in [0.4, 0.5) is 0 Å². The normalized spacial score (nSPS) is 24.4. The average Bonchev–Trinajstić information content (AvgIpc) is 2.44. The summed E-state index contributed by atoms with van der Waals surface area (Å²) in [5.74, 6) is 0. The zero-order valence-electron chi connectivity index (χ0n) is 10.2. The Balaban J connectivity index is 2.04. The third-order valence-corrected chi connectivity index (χ3v) is 2.89. The average molecular weight is 199 g/mol. The summed E-state index contributed by atoms with van der Waals surface area (Å²) in [6, 6.07) is 0.818. The van der Waals surface area contributed by atoms with Crippen molar-refractivity contribution in [1.29, 1.82) is 0 Å². The first-order valence-electron chi connectivity index (χ1n) is 5.83. The molecule has 1 saturated heterocycles. The second-order valence-electron chi connectivity index (χ2n) is 5.38. The molecular weight excluding hydrogens is 174 g/mol. The van der Waals surface area contributed by atoms with Crippen molar-refractivity contribution < 1.29 is 4.74 Å². The van der Waals surface area contributed by atoms with Crippen molar-refractivity contribution in [2.45, 2.75) is 58.1 Å². The van der Waals surface area contributed by atoms with Crippen LogP contribution >= 0.6 is 0 Å². The Bertz CT molecular complexity index is 162. The molecule has 0 amide bonds. The van der Waals surface area contributed by atoms with Crippen LogP contribution in [0.3, 0.4) is 0 Å². The van der Waals surface area contributed by atoms with Crippen LogP contribution in [0, 0.1) is 0 Å². The van der Waals surface area contributed by atoms with Crippen LogP contribution < -0.4 is 0 Å². The molecule has 0 aromatic rings. The van der Waals surface area contributed by atoms with E-state index >= 15 is 0 Å². The molecule has 84 valence electrons. The molecule has 1 rings (SSSR count). The van der Waals surface area contributed by atoms with E-state index in [1.807, 2.05) is 0 Å². The predicted octanol–water partition coefficient (Wildman–Crippen LogP) is 2.68. The Kier molecular flexibility index (Phi) is 4.39. The highest BCUT2D eigenvalue weighted by Crippen LogP contribution is 2.19. The van der Waals surface area contributed by atoms with Crippen molar-refractivity contribution in [1.82, 2.24) is 4.90 Å². The van der Waals surface area contributed by atoms with Crippen LogP contribution in [0.5, 0.6) is 0 Å². The van der Waals surface area contributed by atoms with Gasteiger partial charge in [0.1, 0.15) is 0 Å². The Morgan fingerprint density at radius 3 is 2.57 bits per heavy atom. The van der Waals surface area contributed by atoms with Gasteiger partial charge in [-0.05, 0) is 60.0 Å². The molecule has 0 unspecified atom stereocenters. The van der Waals surface area contributed by atoms with E-state index in [1.165, 1.54) is 32.2 Å². The third kappa shape index (κ3) is 4.43. The summed E-state index contributed by atoms with van der Waals surface area (Å²) in [5, 5.41) is 0. The van der Waals surface area contributed by atoms with Crippen LogP contribution in [-0.2, 0) is 4.74 Å². The van der Waals surface area contributed by atoms with Gasteiger partial charge in [-0.2, -0.15) is 0 Å². The fourth-order valence-electron chi connectivity index (χ4n) is 2.04. The zero-order chi connectivity index (χ0) is 10.6. The van der Waals surface area contributed by atoms with Crippen molar-refractivity contribution in [3.05, 3.63) is 0 Å². The monoisotopic (exact) mass is 199 g/mol. The Morgan fingerprint density at radius 1 is 1.36 bits per heavy atom. The van der Waals surface area contributed by atoms with E-state index in [-0.39, 0.29) is 5.60 Å². The molecule has 0 spiro atoms. The minimum Gasteiger partial charge on any atom is -0.376 e. The summed E-state index contributed by atoms with van der Waals surface area (Å²) < 4.78 is 5.71. The van der Waals surface area contributed by atoms with E-state index in [1.54, 1.807) is 0 Å². The van der Waals surface area contributed by atoms with E-state index in [2.05, 4.69) is 32.7 Å². The largest absolute Gasteiger partial charge is 0.376 e. The Labute approximate surface area is 88.6 Å². The summed E-state index contributed by atoms with van der Waals surface area (Å²) >= 11 is 0. The first kappa shape index (κ1) is 12.0. The molecule has 1 fully saturated rings. The summed E-state index contributed by atoms with van der Waals surface area (Å²) in [4.78, 5) is 2.48. The summed E-state index contributed by atoms with van der Waals surface area (Å²) in [6.45, 7) is 8.55. The highest BCUT2D eigenvalue weighted by Gasteiger charge is 2.20. The van der Waals surface area contributed by atoms with Crippen LogP contribution in [0.2, 0.25) is 0 Å². The molecule has 0 radical (unpaired) electrons. The van der Waals surface area contributed by atoms with Gasteiger partial charge in [0.2, 0.25) is 0 Å². The summed E-state index contributed by atoms with van der Waals surface area (Å²) in [5.41, 5.74) is 0.0293. The number of rotatable bonds is 4. The van der Waals surface area contributed by atoms with Crippen molar-refractivity contribution in [2.24, 2.45) is 0 Å². The van der Waals surface area contributed by atoms with Crippen molar-refractivity contribution in [3.63, 3.8) is 0 Å². The quantitative estimate of drug-likeness (QED) is 0.645. The van der Waals surface area contributed by atoms with Crippen molar-refractivity contribution in [2.75, 3.05) is 20.2 Å². The highest BCUT2D eigenvalue weighted by molar-refractivity contribution is 4.75. The molecule has 2 heteroatoms. The van der Waals surface area contributed by atoms with Crippen LogP contribution in [-0.4, -0.2) is 36.7 Å². The van der Waals surface area contributed by atoms with Gasteiger partial charge in [0.15, 0.2) is 0 Å². The van der Waals surface area contributed by atoms with Gasteiger partial charge in [-0.15, -0.1) is 0 Å². The molecule has 2 nitrogen and oxygen atoms in total. The van der Waals surface area contributed by atoms with E-state index in [0.717, 1.165) is 12.6 Å². The van der Waals surface area contributed by atoms with Gasteiger partial charge in [0, 0.05) is 12.6 Å². The van der Waals surface area contributed by atoms with Crippen molar-refractivity contribution >= 4 is 0 Å². The fourth-order valence-corrected chi connectivity index (χ4v) is 2.04. The second-order valence-corrected chi connectivity index (χ2v) is 5.38. The number of hydrogen-bond acceptors (Lipinski definition) is 2. The molecule has 1 heterocycles. The Hall–Kier alpha value is -0.0800. The van der Waals surface area contributed by atoms with Gasteiger partial charge in [0.05, 0.1) is 5.60 Å². The van der Waals surface area contributed by atoms with Crippen LogP contribution in [0.25, 0.3) is 0 Å². The number of ether oxygens (including phenoxy) is 1. The van der Waals surface area contributed by atoms with E-state index in [0.29, 0.717) is 0 Å². The third-order valence-electron chi connectivity index (χ3n) is 2.89. The minimum absolute atomic E-state index is 0.0293. The first-order chi connectivity index (χ1) is 6.49. The highest BCUT2D eigenvalue weighted by atomic mass is 16.5. The molecule has 1 aliphatic rings.